The highest BCUT2D eigenvalue weighted by Gasteiger charge is 2.29. The molecular formula is C25H29F3N4O. The smallest absolute Gasteiger partial charge is 0.334 e. The molecule has 3 aromatic rings. The third-order valence-corrected chi connectivity index (χ3v) is 6.47. The topological polar surface area (TPSA) is 63.8 Å². The van der Waals surface area contributed by atoms with E-state index in [1.165, 1.54) is 11.1 Å². The lowest BCUT2D eigenvalue weighted by Gasteiger charge is -2.31. The predicted molar refractivity (Wildman–Crippen MR) is 121 cm³/mol. The molecule has 0 radical (unpaired) electrons. The van der Waals surface area contributed by atoms with Crippen molar-refractivity contribution in [3.63, 3.8) is 0 Å². The molecule has 2 aromatic heterocycles. The zero-order valence-corrected chi connectivity index (χ0v) is 19.4. The summed E-state index contributed by atoms with van der Waals surface area (Å²) in [4.78, 5) is 9.08. The molecule has 5 nitrogen and oxygen atoms in total. The van der Waals surface area contributed by atoms with Gasteiger partial charge in [0.25, 0.3) is 5.89 Å². The number of nitrogens with one attached hydrogen (secondary N) is 1. The Hall–Kier alpha value is -2.74. The monoisotopic (exact) mass is 458 g/mol. The summed E-state index contributed by atoms with van der Waals surface area (Å²) in [7, 11) is 0. The minimum Gasteiger partial charge on any atom is -0.334 e. The van der Waals surface area contributed by atoms with Crippen LogP contribution >= 0.6 is 0 Å². The van der Waals surface area contributed by atoms with Gasteiger partial charge in [-0.2, -0.15) is 18.2 Å². The first kappa shape index (κ1) is 23.4. The highest BCUT2D eigenvalue weighted by molar-refractivity contribution is 5.67. The van der Waals surface area contributed by atoms with Gasteiger partial charge in [-0.25, -0.2) is 0 Å². The molecule has 1 aliphatic carbocycles. The van der Waals surface area contributed by atoms with Gasteiger partial charge < -0.3 is 9.84 Å². The third kappa shape index (κ3) is 5.27. The summed E-state index contributed by atoms with van der Waals surface area (Å²) in [6, 6.07) is 3.89. The standard InChI is InChI=1S/C25H29F3N4O/c1-15-5-6-19(16(2)18(15)8-10-29-14-25(26,27)28)22-31-23(33-32-22)21-13-30-12-17-11-24(3,4)9-7-20(17)21/h5-6,12-13,29H,7-11,14H2,1-4H3. The fraction of sp³-hybridized carbons (Fsp3) is 0.480. The molecule has 33 heavy (non-hydrogen) atoms. The number of hydrogen-bond acceptors (Lipinski definition) is 5. The van der Waals surface area contributed by atoms with Crippen molar-refractivity contribution in [3.05, 3.63) is 52.3 Å². The van der Waals surface area contributed by atoms with Crippen LogP contribution in [-0.2, 0) is 19.3 Å². The van der Waals surface area contributed by atoms with E-state index in [1.54, 1.807) is 6.20 Å². The van der Waals surface area contributed by atoms with Crippen molar-refractivity contribution in [2.75, 3.05) is 13.1 Å². The van der Waals surface area contributed by atoms with Crippen LogP contribution < -0.4 is 5.32 Å². The average Bonchev–Trinajstić information content (AvgIpc) is 3.20. The molecular weight excluding hydrogens is 429 g/mol. The van der Waals surface area contributed by atoms with Crippen LogP contribution in [0.25, 0.3) is 22.8 Å². The van der Waals surface area contributed by atoms with Crippen molar-refractivity contribution < 1.29 is 17.7 Å². The van der Waals surface area contributed by atoms with Crippen LogP contribution in [0.1, 0.15) is 48.1 Å². The summed E-state index contributed by atoms with van der Waals surface area (Å²) in [6.07, 6.45) is 2.98. The van der Waals surface area contributed by atoms with Crippen molar-refractivity contribution in [2.45, 2.75) is 59.6 Å². The Labute approximate surface area is 191 Å². The van der Waals surface area contributed by atoms with Crippen molar-refractivity contribution >= 4 is 0 Å². The van der Waals surface area contributed by atoms with Crippen LogP contribution in [0.15, 0.2) is 29.0 Å². The van der Waals surface area contributed by atoms with Gasteiger partial charge >= 0.3 is 6.18 Å². The zero-order valence-electron chi connectivity index (χ0n) is 19.4. The number of hydrogen-bond donors (Lipinski definition) is 1. The van der Waals surface area contributed by atoms with Gasteiger partial charge in [0.15, 0.2) is 0 Å². The highest BCUT2D eigenvalue weighted by Crippen LogP contribution is 2.38. The molecule has 1 N–H and O–H groups in total. The molecule has 1 aromatic carbocycles. The molecule has 0 unspecified atom stereocenters. The fourth-order valence-electron chi connectivity index (χ4n) is 4.63. The lowest BCUT2D eigenvalue weighted by atomic mass is 9.74. The van der Waals surface area contributed by atoms with Crippen LogP contribution in [0.4, 0.5) is 13.2 Å². The molecule has 0 saturated heterocycles. The molecule has 0 fully saturated rings. The van der Waals surface area contributed by atoms with Crippen LogP contribution in [0.3, 0.4) is 0 Å². The quantitative estimate of drug-likeness (QED) is 0.486. The number of pyridine rings is 1. The molecule has 0 bridgehead atoms. The number of aromatic nitrogens is 3. The van der Waals surface area contributed by atoms with Gasteiger partial charge in [-0.05, 0) is 79.3 Å². The second kappa shape index (κ2) is 8.89. The van der Waals surface area contributed by atoms with Gasteiger partial charge in [-0.3, -0.25) is 4.98 Å². The predicted octanol–water partition coefficient (Wildman–Crippen LogP) is 5.62. The Morgan fingerprint density at radius 1 is 1.12 bits per heavy atom. The van der Waals surface area contributed by atoms with E-state index in [9.17, 15) is 13.2 Å². The first-order valence-corrected chi connectivity index (χ1v) is 11.2. The molecule has 0 atom stereocenters. The Bertz CT molecular complexity index is 1150. The molecule has 0 aliphatic heterocycles. The largest absolute Gasteiger partial charge is 0.401 e. The molecule has 0 spiro atoms. The second-order valence-corrected chi connectivity index (χ2v) is 9.66. The lowest BCUT2D eigenvalue weighted by molar-refractivity contribution is -0.124. The van der Waals surface area contributed by atoms with Crippen molar-refractivity contribution in [2.24, 2.45) is 5.41 Å². The lowest BCUT2D eigenvalue weighted by Crippen LogP contribution is -2.30. The average molecular weight is 459 g/mol. The second-order valence-electron chi connectivity index (χ2n) is 9.66. The van der Waals surface area contributed by atoms with Crippen LogP contribution in [0.2, 0.25) is 0 Å². The zero-order chi connectivity index (χ0) is 23.8. The summed E-state index contributed by atoms with van der Waals surface area (Å²) < 4.78 is 42.9. The molecule has 2 heterocycles. The molecule has 4 rings (SSSR count). The summed E-state index contributed by atoms with van der Waals surface area (Å²) in [5, 5.41) is 6.69. The van der Waals surface area contributed by atoms with Gasteiger partial charge in [0.2, 0.25) is 5.82 Å². The van der Waals surface area contributed by atoms with Crippen LogP contribution in [0.5, 0.6) is 0 Å². The van der Waals surface area contributed by atoms with Gasteiger partial charge in [-0.15, -0.1) is 0 Å². The van der Waals surface area contributed by atoms with E-state index in [4.69, 9.17) is 4.52 Å². The normalized spacial score (nSPS) is 15.5. The van der Waals surface area contributed by atoms with Gasteiger partial charge in [0.1, 0.15) is 0 Å². The molecule has 176 valence electrons. The number of nitrogens with zero attached hydrogens (tertiary/aromatic N) is 3. The summed E-state index contributed by atoms with van der Waals surface area (Å²) in [6.45, 7) is 7.69. The van der Waals surface area contributed by atoms with Crippen molar-refractivity contribution in [1.29, 1.82) is 0 Å². The van der Waals surface area contributed by atoms with E-state index in [2.05, 4.69) is 34.3 Å². The minimum atomic E-state index is -4.21. The Morgan fingerprint density at radius 2 is 1.91 bits per heavy atom. The first-order valence-electron chi connectivity index (χ1n) is 11.2. The number of halogens is 3. The molecule has 1 aliphatic rings. The van der Waals surface area contributed by atoms with Gasteiger partial charge in [0.05, 0.1) is 12.1 Å². The van der Waals surface area contributed by atoms with E-state index < -0.39 is 12.7 Å². The van der Waals surface area contributed by atoms with Crippen LogP contribution in [-0.4, -0.2) is 34.4 Å². The molecule has 0 saturated carbocycles. The Morgan fingerprint density at radius 3 is 2.67 bits per heavy atom. The minimum absolute atomic E-state index is 0.236. The van der Waals surface area contributed by atoms with Crippen molar-refractivity contribution in [1.82, 2.24) is 20.4 Å². The molecule has 8 heteroatoms. The Balaban J connectivity index is 1.59. The maximum atomic E-state index is 12.4. The number of fused-ring (bicyclic) bond motifs is 1. The number of alkyl halides is 3. The maximum Gasteiger partial charge on any atom is 0.401 e. The van der Waals surface area contributed by atoms with E-state index in [0.717, 1.165) is 47.1 Å². The van der Waals surface area contributed by atoms with Gasteiger partial charge in [-0.1, -0.05) is 31.1 Å². The van der Waals surface area contributed by atoms with Crippen LogP contribution in [0, 0.1) is 19.3 Å². The third-order valence-electron chi connectivity index (χ3n) is 6.47. The number of rotatable bonds is 6. The summed E-state index contributed by atoms with van der Waals surface area (Å²) >= 11 is 0. The number of benzene rings is 1. The first-order chi connectivity index (χ1) is 15.5. The maximum absolute atomic E-state index is 12.4. The van der Waals surface area contributed by atoms with E-state index in [-0.39, 0.29) is 12.0 Å². The highest BCUT2D eigenvalue weighted by atomic mass is 19.4. The van der Waals surface area contributed by atoms with E-state index in [1.807, 2.05) is 32.2 Å². The summed E-state index contributed by atoms with van der Waals surface area (Å²) in [5.41, 5.74) is 7.36. The fourth-order valence-corrected chi connectivity index (χ4v) is 4.63. The van der Waals surface area contributed by atoms with Gasteiger partial charge in [0, 0.05) is 18.0 Å². The number of aryl methyl sites for hydroxylation is 1. The summed E-state index contributed by atoms with van der Waals surface area (Å²) in [5.74, 6) is 0.920. The molecule has 0 amide bonds. The van der Waals surface area contributed by atoms with E-state index >= 15 is 0 Å². The SMILES string of the molecule is Cc1ccc(-c2noc(-c3cncc4c3CCC(C)(C)C4)n2)c(C)c1CCNCC(F)(F)F. The Kier molecular flexibility index (Phi) is 6.31. The van der Waals surface area contributed by atoms with Crippen molar-refractivity contribution in [3.8, 4) is 22.8 Å². The van der Waals surface area contributed by atoms with E-state index in [0.29, 0.717) is 18.1 Å².